The van der Waals surface area contributed by atoms with Crippen molar-refractivity contribution in [1.82, 2.24) is 5.32 Å². The molecule has 1 aromatic carbocycles. The molecule has 2 aliphatic rings. The van der Waals surface area contributed by atoms with Crippen LogP contribution >= 0.6 is 15.9 Å². The standard InChI is InChI=1S/C17H24BrN/c1-2-19-17(15-5-3-4-6-16(15)18)11-14-10-12-7-8-13(14)9-12/h3-6,12-14,17,19H,2,7-11H2,1H3. The monoisotopic (exact) mass is 321 g/mol. The van der Waals surface area contributed by atoms with E-state index in [1.807, 2.05) is 0 Å². The Morgan fingerprint density at radius 3 is 2.74 bits per heavy atom. The van der Waals surface area contributed by atoms with Crippen LogP contribution < -0.4 is 5.32 Å². The molecule has 104 valence electrons. The second-order valence-electron chi connectivity index (χ2n) is 6.30. The molecule has 2 bridgehead atoms. The SMILES string of the molecule is CCNC(CC1CC2CCC1C2)c1ccccc1Br. The van der Waals surface area contributed by atoms with Crippen LogP contribution in [0.4, 0.5) is 0 Å². The van der Waals surface area contributed by atoms with Crippen molar-refractivity contribution in [2.45, 2.75) is 45.1 Å². The number of fused-ring (bicyclic) bond motifs is 2. The van der Waals surface area contributed by atoms with Crippen LogP contribution in [0.5, 0.6) is 0 Å². The van der Waals surface area contributed by atoms with Crippen molar-refractivity contribution in [2.24, 2.45) is 17.8 Å². The van der Waals surface area contributed by atoms with Gasteiger partial charge in [0, 0.05) is 10.5 Å². The van der Waals surface area contributed by atoms with Crippen molar-refractivity contribution in [3.8, 4) is 0 Å². The molecule has 2 heteroatoms. The Bertz CT molecular complexity index is 431. The highest BCUT2D eigenvalue weighted by molar-refractivity contribution is 9.10. The normalized spacial score (nSPS) is 30.7. The van der Waals surface area contributed by atoms with E-state index in [2.05, 4.69) is 52.4 Å². The predicted molar refractivity (Wildman–Crippen MR) is 84.1 cm³/mol. The lowest BCUT2D eigenvalue weighted by Crippen LogP contribution is -2.25. The van der Waals surface area contributed by atoms with E-state index in [1.54, 1.807) is 0 Å². The number of rotatable bonds is 5. The van der Waals surface area contributed by atoms with Crippen LogP contribution in [0, 0.1) is 17.8 Å². The van der Waals surface area contributed by atoms with Crippen molar-refractivity contribution < 1.29 is 0 Å². The quantitative estimate of drug-likeness (QED) is 0.811. The van der Waals surface area contributed by atoms with Gasteiger partial charge in [-0.3, -0.25) is 0 Å². The number of benzene rings is 1. The maximum atomic E-state index is 3.72. The van der Waals surface area contributed by atoms with Crippen LogP contribution in [0.15, 0.2) is 28.7 Å². The van der Waals surface area contributed by atoms with Crippen LogP contribution in [0.2, 0.25) is 0 Å². The maximum absolute atomic E-state index is 3.72. The van der Waals surface area contributed by atoms with E-state index in [0.29, 0.717) is 6.04 Å². The van der Waals surface area contributed by atoms with Gasteiger partial charge >= 0.3 is 0 Å². The number of hydrogen-bond acceptors (Lipinski definition) is 1. The van der Waals surface area contributed by atoms with E-state index in [1.165, 1.54) is 42.1 Å². The van der Waals surface area contributed by atoms with E-state index in [9.17, 15) is 0 Å². The first-order valence-corrected chi connectivity index (χ1v) is 8.55. The third kappa shape index (κ3) is 2.90. The van der Waals surface area contributed by atoms with Gasteiger partial charge in [0.05, 0.1) is 0 Å². The van der Waals surface area contributed by atoms with Crippen LogP contribution in [-0.4, -0.2) is 6.54 Å². The van der Waals surface area contributed by atoms with Crippen LogP contribution in [0.25, 0.3) is 0 Å². The molecule has 2 fully saturated rings. The van der Waals surface area contributed by atoms with Gasteiger partial charge < -0.3 is 5.32 Å². The van der Waals surface area contributed by atoms with Crippen LogP contribution in [0.3, 0.4) is 0 Å². The average molecular weight is 322 g/mol. The zero-order chi connectivity index (χ0) is 13.2. The minimum absolute atomic E-state index is 0.518. The summed E-state index contributed by atoms with van der Waals surface area (Å²) in [5.74, 6) is 3.03. The maximum Gasteiger partial charge on any atom is 0.0334 e. The third-order valence-corrected chi connectivity index (χ3v) is 5.88. The van der Waals surface area contributed by atoms with Gasteiger partial charge in [-0.1, -0.05) is 47.5 Å². The van der Waals surface area contributed by atoms with Gasteiger partial charge in [0.25, 0.3) is 0 Å². The van der Waals surface area contributed by atoms with Gasteiger partial charge in [0.1, 0.15) is 0 Å². The first-order chi connectivity index (χ1) is 9.28. The topological polar surface area (TPSA) is 12.0 Å². The lowest BCUT2D eigenvalue weighted by atomic mass is 9.83. The highest BCUT2D eigenvalue weighted by atomic mass is 79.9. The van der Waals surface area contributed by atoms with Gasteiger partial charge in [-0.05, 0) is 61.6 Å². The largest absolute Gasteiger partial charge is 0.310 e. The Kier molecular flexibility index (Phi) is 4.28. The lowest BCUT2D eigenvalue weighted by molar-refractivity contribution is 0.280. The molecule has 4 unspecified atom stereocenters. The van der Waals surface area contributed by atoms with Gasteiger partial charge in [0.2, 0.25) is 0 Å². The van der Waals surface area contributed by atoms with Crippen LogP contribution in [-0.2, 0) is 0 Å². The molecule has 4 atom stereocenters. The smallest absolute Gasteiger partial charge is 0.0334 e. The van der Waals surface area contributed by atoms with Crippen LogP contribution in [0.1, 0.15) is 50.6 Å². The molecule has 19 heavy (non-hydrogen) atoms. The fourth-order valence-corrected chi connectivity index (χ4v) is 4.85. The number of halogens is 1. The molecule has 1 N–H and O–H groups in total. The lowest BCUT2D eigenvalue weighted by Gasteiger charge is -2.28. The molecule has 0 radical (unpaired) electrons. The highest BCUT2D eigenvalue weighted by Crippen LogP contribution is 2.51. The Morgan fingerprint density at radius 2 is 2.11 bits per heavy atom. The van der Waals surface area contributed by atoms with Crippen molar-refractivity contribution in [3.05, 3.63) is 34.3 Å². The van der Waals surface area contributed by atoms with Crippen molar-refractivity contribution >= 4 is 15.9 Å². The van der Waals surface area contributed by atoms with Gasteiger partial charge in [-0.2, -0.15) is 0 Å². The van der Waals surface area contributed by atoms with E-state index in [4.69, 9.17) is 0 Å². The number of hydrogen-bond donors (Lipinski definition) is 1. The third-order valence-electron chi connectivity index (χ3n) is 5.15. The summed E-state index contributed by atoms with van der Waals surface area (Å²) in [6, 6.07) is 9.22. The molecular weight excluding hydrogens is 298 g/mol. The second-order valence-corrected chi connectivity index (χ2v) is 7.16. The molecule has 0 aliphatic heterocycles. The fourth-order valence-electron chi connectivity index (χ4n) is 4.29. The molecule has 2 saturated carbocycles. The van der Waals surface area contributed by atoms with Gasteiger partial charge in [-0.15, -0.1) is 0 Å². The fraction of sp³-hybridized carbons (Fsp3) is 0.647. The summed E-state index contributed by atoms with van der Waals surface area (Å²) in [5, 5.41) is 3.70. The zero-order valence-corrected chi connectivity index (χ0v) is 13.3. The van der Waals surface area contributed by atoms with E-state index >= 15 is 0 Å². The summed E-state index contributed by atoms with van der Waals surface area (Å²) in [7, 11) is 0. The molecule has 3 rings (SSSR count). The average Bonchev–Trinajstić information content (AvgIpc) is 3.01. The Labute approximate surface area is 125 Å². The second kappa shape index (κ2) is 5.97. The highest BCUT2D eigenvalue weighted by Gasteiger charge is 2.40. The predicted octanol–water partition coefficient (Wildman–Crippen LogP) is 4.93. The molecule has 0 spiro atoms. The van der Waals surface area contributed by atoms with E-state index in [-0.39, 0.29) is 0 Å². The minimum atomic E-state index is 0.518. The summed E-state index contributed by atoms with van der Waals surface area (Å²) in [6.45, 7) is 3.26. The molecule has 0 saturated heterocycles. The zero-order valence-electron chi connectivity index (χ0n) is 11.7. The van der Waals surface area contributed by atoms with Crippen molar-refractivity contribution in [3.63, 3.8) is 0 Å². The molecule has 0 heterocycles. The van der Waals surface area contributed by atoms with Gasteiger partial charge in [0.15, 0.2) is 0 Å². The van der Waals surface area contributed by atoms with E-state index < -0.39 is 0 Å². The van der Waals surface area contributed by atoms with Gasteiger partial charge in [-0.25, -0.2) is 0 Å². The molecular formula is C17H24BrN. The van der Waals surface area contributed by atoms with Crippen molar-refractivity contribution in [2.75, 3.05) is 6.54 Å². The summed E-state index contributed by atoms with van der Waals surface area (Å²) in [6.07, 6.45) is 7.31. The molecule has 2 aliphatic carbocycles. The summed E-state index contributed by atoms with van der Waals surface area (Å²) in [4.78, 5) is 0. The molecule has 0 amide bonds. The summed E-state index contributed by atoms with van der Waals surface area (Å²) < 4.78 is 1.25. The summed E-state index contributed by atoms with van der Waals surface area (Å²) in [5.41, 5.74) is 1.44. The first kappa shape index (κ1) is 13.6. The number of nitrogens with one attached hydrogen (secondary N) is 1. The molecule has 1 aromatic rings. The summed E-state index contributed by atoms with van der Waals surface area (Å²) >= 11 is 3.72. The Morgan fingerprint density at radius 1 is 1.26 bits per heavy atom. The molecule has 0 aromatic heterocycles. The molecule has 1 nitrogen and oxygen atoms in total. The first-order valence-electron chi connectivity index (χ1n) is 7.75. The Hall–Kier alpha value is -0.340. The van der Waals surface area contributed by atoms with E-state index in [0.717, 1.165) is 24.3 Å². The minimum Gasteiger partial charge on any atom is -0.310 e. The Balaban J connectivity index is 1.73. The van der Waals surface area contributed by atoms with Crippen molar-refractivity contribution in [1.29, 1.82) is 0 Å².